The summed E-state index contributed by atoms with van der Waals surface area (Å²) in [5.41, 5.74) is -0.771. The summed E-state index contributed by atoms with van der Waals surface area (Å²) in [5, 5.41) is 6.03. The van der Waals surface area contributed by atoms with E-state index in [0.29, 0.717) is 25.0 Å². The first-order valence-corrected chi connectivity index (χ1v) is 9.34. The molecule has 0 aromatic carbocycles. The lowest BCUT2D eigenvalue weighted by atomic mass is 9.86. The molecule has 1 rings (SSSR count). The van der Waals surface area contributed by atoms with Crippen molar-refractivity contribution < 1.29 is 14.3 Å². The predicted molar refractivity (Wildman–Crippen MR) is 101 cm³/mol. The summed E-state index contributed by atoms with van der Waals surface area (Å²) in [6, 6.07) is 0. The minimum Gasteiger partial charge on any atom is -0.449 e. The zero-order valence-corrected chi connectivity index (χ0v) is 16.8. The molecule has 1 aliphatic carbocycles. The van der Waals surface area contributed by atoms with Crippen LogP contribution in [0, 0.1) is 23.7 Å². The van der Waals surface area contributed by atoms with Crippen LogP contribution in [0.3, 0.4) is 0 Å². The first-order valence-electron chi connectivity index (χ1n) is 9.34. The van der Waals surface area contributed by atoms with Crippen LogP contribution in [0.15, 0.2) is 0 Å². The van der Waals surface area contributed by atoms with E-state index < -0.39 is 5.54 Å². The SMILES string of the molecule is CNCC(C)(C)OCC(C)(C)NC(=O)OCC1CCC#CCCC1C. The predicted octanol–water partition coefficient (Wildman–Crippen LogP) is 3.34. The number of alkyl carbamates (subject to hydrolysis) is 1. The van der Waals surface area contributed by atoms with Crippen LogP contribution in [0.1, 0.15) is 60.3 Å². The molecular formula is C20H36N2O3. The molecule has 2 unspecified atom stereocenters. The van der Waals surface area contributed by atoms with Gasteiger partial charge in [0, 0.05) is 19.4 Å². The van der Waals surface area contributed by atoms with Gasteiger partial charge in [0.1, 0.15) is 0 Å². The van der Waals surface area contributed by atoms with Crippen LogP contribution in [0.25, 0.3) is 0 Å². The van der Waals surface area contributed by atoms with E-state index in [4.69, 9.17) is 9.47 Å². The highest BCUT2D eigenvalue weighted by Gasteiger charge is 2.27. The minimum atomic E-state index is -0.486. The Morgan fingerprint density at radius 1 is 1.16 bits per heavy atom. The Kier molecular flexibility index (Phi) is 8.75. The van der Waals surface area contributed by atoms with Crippen molar-refractivity contribution in [3.8, 4) is 11.8 Å². The van der Waals surface area contributed by atoms with Crippen LogP contribution >= 0.6 is 0 Å². The second-order valence-electron chi connectivity index (χ2n) is 8.35. The smallest absolute Gasteiger partial charge is 0.407 e. The molecule has 0 aliphatic heterocycles. The van der Waals surface area contributed by atoms with Gasteiger partial charge >= 0.3 is 6.09 Å². The third kappa shape index (κ3) is 9.13. The monoisotopic (exact) mass is 352 g/mol. The van der Waals surface area contributed by atoms with Gasteiger partial charge < -0.3 is 20.1 Å². The summed E-state index contributed by atoms with van der Waals surface area (Å²) < 4.78 is 11.4. The molecule has 1 aliphatic rings. The highest BCUT2D eigenvalue weighted by atomic mass is 16.5. The molecule has 0 aromatic heterocycles. The highest BCUT2D eigenvalue weighted by Crippen LogP contribution is 2.24. The van der Waals surface area contributed by atoms with Crippen molar-refractivity contribution in [1.82, 2.24) is 10.6 Å². The van der Waals surface area contributed by atoms with E-state index in [1.807, 2.05) is 34.7 Å². The van der Waals surface area contributed by atoms with Crippen molar-refractivity contribution in [2.24, 2.45) is 11.8 Å². The van der Waals surface area contributed by atoms with Gasteiger partial charge in [-0.05, 0) is 59.4 Å². The van der Waals surface area contributed by atoms with Crippen molar-refractivity contribution in [1.29, 1.82) is 0 Å². The summed E-state index contributed by atoms with van der Waals surface area (Å²) >= 11 is 0. The maximum Gasteiger partial charge on any atom is 0.407 e. The van der Waals surface area contributed by atoms with E-state index in [0.717, 1.165) is 32.2 Å². The van der Waals surface area contributed by atoms with Crippen molar-refractivity contribution in [2.45, 2.75) is 71.4 Å². The molecule has 25 heavy (non-hydrogen) atoms. The van der Waals surface area contributed by atoms with Crippen LogP contribution in [0.5, 0.6) is 0 Å². The van der Waals surface area contributed by atoms with Gasteiger partial charge in [-0.3, -0.25) is 0 Å². The van der Waals surface area contributed by atoms with Crippen molar-refractivity contribution in [2.75, 3.05) is 26.8 Å². The van der Waals surface area contributed by atoms with Gasteiger partial charge in [-0.2, -0.15) is 0 Å². The van der Waals surface area contributed by atoms with Gasteiger partial charge in [0.15, 0.2) is 0 Å². The normalized spacial score (nSPS) is 21.5. The molecule has 5 heteroatoms. The molecule has 0 saturated carbocycles. The molecule has 1 amide bonds. The molecule has 0 heterocycles. The fourth-order valence-electron chi connectivity index (χ4n) is 2.89. The zero-order valence-electron chi connectivity index (χ0n) is 16.8. The summed E-state index contributed by atoms with van der Waals surface area (Å²) in [6.07, 6.45) is 3.52. The number of ether oxygens (including phenoxy) is 2. The molecule has 144 valence electrons. The topological polar surface area (TPSA) is 59.6 Å². The fourth-order valence-corrected chi connectivity index (χ4v) is 2.89. The van der Waals surface area contributed by atoms with E-state index in [2.05, 4.69) is 29.4 Å². The average molecular weight is 353 g/mol. The molecular weight excluding hydrogens is 316 g/mol. The Morgan fingerprint density at radius 2 is 1.80 bits per heavy atom. The second-order valence-corrected chi connectivity index (χ2v) is 8.35. The Balaban J connectivity index is 2.40. The highest BCUT2D eigenvalue weighted by molar-refractivity contribution is 5.68. The van der Waals surface area contributed by atoms with Crippen molar-refractivity contribution in [3.63, 3.8) is 0 Å². The number of hydrogen-bond donors (Lipinski definition) is 2. The molecule has 5 nitrogen and oxygen atoms in total. The number of hydrogen-bond acceptors (Lipinski definition) is 4. The van der Waals surface area contributed by atoms with Gasteiger partial charge in [-0.15, -0.1) is 11.8 Å². The summed E-state index contributed by atoms with van der Waals surface area (Å²) in [7, 11) is 1.90. The lowest BCUT2D eigenvalue weighted by Gasteiger charge is -2.32. The number of likely N-dealkylation sites (N-methyl/N-ethyl adjacent to an activating group) is 1. The average Bonchev–Trinajstić information content (AvgIpc) is 2.48. The van der Waals surface area contributed by atoms with Gasteiger partial charge in [0.05, 0.1) is 24.4 Å². The van der Waals surface area contributed by atoms with Gasteiger partial charge in [0.25, 0.3) is 0 Å². The Hall–Kier alpha value is -1.25. The third-order valence-corrected chi connectivity index (χ3v) is 4.59. The first-order chi connectivity index (χ1) is 11.7. The zero-order chi connectivity index (χ0) is 18.9. The molecule has 0 aromatic rings. The molecule has 0 fully saturated rings. The van der Waals surface area contributed by atoms with Crippen LogP contribution in [0.2, 0.25) is 0 Å². The summed E-state index contributed by atoms with van der Waals surface area (Å²) in [5.74, 6) is 7.27. The summed E-state index contributed by atoms with van der Waals surface area (Å²) in [4.78, 5) is 12.2. The van der Waals surface area contributed by atoms with E-state index >= 15 is 0 Å². The van der Waals surface area contributed by atoms with Crippen LogP contribution in [-0.4, -0.2) is 44.0 Å². The largest absolute Gasteiger partial charge is 0.449 e. The van der Waals surface area contributed by atoms with E-state index in [9.17, 15) is 4.79 Å². The number of nitrogens with one attached hydrogen (secondary N) is 2. The first kappa shape index (κ1) is 21.8. The van der Waals surface area contributed by atoms with E-state index in [-0.39, 0.29) is 11.7 Å². The molecule has 2 atom stereocenters. The lowest BCUT2D eigenvalue weighted by molar-refractivity contribution is -0.0401. The fraction of sp³-hybridized carbons (Fsp3) is 0.850. The van der Waals surface area contributed by atoms with Gasteiger partial charge in [-0.25, -0.2) is 4.79 Å². The Morgan fingerprint density at radius 3 is 2.44 bits per heavy atom. The lowest BCUT2D eigenvalue weighted by Crippen LogP contribution is -2.50. The Bertz CT molecular complexity index is 477. The number of rotatable bonds is 8. The second kappa shape index (κ2) is 10.0. The molecule has 2 N–H and O–H groups in total. The van der Waals surface area contributed by atoms with E-state index in [1.54, 1.807) is 0 Å². The molecule has 0 saturated heterocycles. The van der Waals surface area contributed by atoms with Crippen molar-refractivity contribution >= 4 is 6.09 Å². The number of amides is 1. The van der Waals surface area contributed by atoms with Crippen LogP contribution in [-0.2, 0) is 9.47 Å². The van der Waals surface area contributed by atoms with Gasteiger partial charge in [0.2, 0.25) is 0 Å². The van der Waals surface area contributed by atoms with Gasteiger partial charge in [-0.1, -0.05) is 6.92 Å². The van der Waals surface area contributed by atoms with Crippen molar-refractivity contribution in [3.05, 3.63) is 0 Å². The molecule has 0 radical (unpaired) electrons. The number of carbonyl (C=O) groups is 1. The van der Waals surface area contributed by atoms with Crippen LogP contribution < -0.4 is 10.6 Å². The molecule has 0 bridgehead atoms. The van der Waals surface area contributed by atoms with Crippen LogP contribution in [0.4, 0.5) is 4.79 Å². The molecule has 0 spiro atoms. The summed E-state index contributed by atoms with van der Waals surface area (Å²) in [6.45, 7) is 11.8. The van der Waals surface area contributed by atoms with E-state index in [1.165, 1.54) is 0 Å². The number of carbonyl (C=O) groups excluding carboxylic acids is 1. The minimum absolute atomic E-state index is 0.285. The quantitative estimate of drug-likeness (QED) is 0.658. The third-order valence-electron chi connectivity index (χ3n) is 4.59. The maximum atomic E-state index is 12.2. The maximum absolute atomic E-state index is 12.2. The standard InChI is InChI=1S/C20H36N2O3/c1-16-11-9-7-8-10-12-17(16)13-24-18(23)22-19(2,3)15-25-20(4,5)14-21-6/h16-17,21H,9-15H2,1-6H3,(H,22,23). The Labute approximate surface area is 153 Å².